The molecule has 3 aromatic rings. The molecular weight excluding hydrogens is 459 g/mol. The second kappa shape index (κ2) is 10.3. The quantitative estimate of drug-likeness (QED) is 0.276. The number of carbonyl (C=O) groups excluding carboxylic acids is 2. The molecular formula is C29H29FN2O4. The van der Waals surface area contributed by atoms with Gasteiger partial charge in [-0.3, -0.25) is 14.6 Å². The van der Waals surface area contributed by atoms with E-state index in [0.717, 1.165) is 16.7 Å². The second-order valence-corrected chi connectivity index (χ2v) is 9.21. The first kappa shape index (κ1) is 25.1. The molecule has 4 rings (SSSR count). The summed E-state index contributed by atoms with van der Waals surface area (Å²) >= 11 is 0. The number of hydrogen-bond donors (Lipinski definition) is 1. The third-order valence-electron chi connectivity index (χ3n) is 6.57. The molecule has 1 unspecified atom stereocenters. The number of hydrogen-bond acceptors (Lipinski definition) is 5. The van der Waals surface area contributed by atoms with Crippen LogP contribution < -0.4 is 4.74 Å². The van der Waals surface area contributed by atoms with E-state index in [4.69, 9.17) is 4.74 Å². The van der Waals surface area contributed by atoms with Crippen molar-refractivity contribution in [2.45, 2.75) is 39.2 Å². The van der Waals surface area contributed by atoms with E-state index in [9.17, 15) is 19.1 Å². The fraction of sp³-hybridized carbons (Fsp3) is 0.276. The zero-order chi connectivity index (χ0) is 26.0. The zero-order valence-electron chi connectivity index (χ0n) is 20.8. The number of pyridine rings is 1. The Labute approximate surface area is 210 Å². The molecule has 1 N–H and O–H groups in total. The van der Waals surface area contributed by atoms with Crippen molar-refractivity contribution in [2.24, 2.45) is 0 Å². The number of likely N-dealkylation sites (tertiary alicyclic amines) is 1. The van der Waals surface area contributed by atoms with Crippen molar-refractivity contribution in [3.05, 3.63) is 100 Å². The largest absolute Gasteiger partial charge is 0.507 e. The average Bonchev–Trinajstić information content (AvgIpc) is 3.13. The number of benzene rings is 2. The second-order valence-electron chi connectivity index (χ2n) is 9.21. The Morgan fingerprint density at radius 2 is 1.78 bits per heavy atom. The topological polar surface area (TPSA) is 79.7 Å². The van der Waals surface area contributed by atoms with Crippen molar-refractivity contribution in [1.29, 1.82) is 0 Å². The highest BCUT2D eigenvalue weighted by Gasteiger charge is 2.46. The Hall–Kier alpha value is -4.00. The first-order chi connectivity index (χ1) is 17.2. The van der Waals surface area contributed by atoms with Gasteiger partial charge in [0.2, 0.25) is 0 Å². The lowest BCUT2D eigenvalue weighted by Crippen LogP contribution is -2.31. The van der Waals surface area contributed by atoms with Crippen molar-refractivity contribution in [1.82, 2.24) is 9.88 Å². The summed E-state index contributed by atoms with van der Waals surface area (Å²) in [6.07, 6.45) is 3.60. The van der Waals surface area contributed by atoms with Crippen molar-refractivity contribution in [3.8, 4) is 5.75 Å². The molecule has 1 fully saturated rings. The molecule has 36 heavy (non-hydrogen) atoms. The molecule has 0 aliphatic carbocycles. The van der Waals surface area contributed by atoms with Crippen molar-refractivity contribution < 1.29 is 23.8 Å². The molecule has 6 nitrogen and oxygen atoms in total. The molecule has 0 saturated carbocycles. The summed E-state index contributed by atoms with van der Waals surface area (Å²) in [5.74, 6) is -1.18. The van der Waals surface area contributed by atoms with Gasteiger partial charge in [-0.05, 0) is 77.9 Å². The summed E-state index contributed by atoms with van der Waals surface area (Å²) in [5.41, 5.74) is 3.62. The van der Waals surface area contributed by atoms with Crippen molar-refractivity contribution in [3.63, 3.8) is 0 Å². The predicted octanol–water partition coefficient (Wildman–Crippen LogP) is 5.33. The van der Waals surface area contributed by atoms with E-state index in [1.54, 1.807) is 43.8 Å². The first-order valence-electron chi connectivity index (χ1n) is 11.8. The maximum absolute atomic E-state index is 13.3. The number of ether oxygens (including phenoxy) is 1. The lowest BCUT2D eigenvalue weighted by molar-refractivity contribution is -0.139. The van der Waals surface area contributed by atoms with Gasteiger partial charge in [-0.2, -0.15) is 0 Å². The molecule has 0 spiro atoms. The predicted molar refractivity (Wildman–Crippen MR) is 135 cm³/mol. The van der Waals surface area contributed by atoms with Crippen LogP contribution in [0.1, 0.15) is 53.6 Å². The number of amides is 1. The van der Waals surface area contributed by atoms with Gasteiger partial charge in [0, 0.05) is 24.5 Å². The molecule has 1 aliphatic rings. The van der Waals surface area contributed by atoms with Crippen LogP contribution in [0.25, 0.3) is 5.76 Å². The molecule has 2 heterocycles. The number of nitrogens with zero attached hydrogens (tertiary/aromatic N) is 2. The zero-order valence-corrected chi connectivity index (χ0v) is 20.8. The molecule has 1 atom stereocenters. The molecule has 1 aromatic heterocycles. The Balaban J connectivity index is 1.82. The Bertz CT molecular complexity index is 1320. The van der Waals surface area contributed by atoms with Crippen LogP contribution in [-0.2, 0) is 16.0 Å². The molecule has 0 radical (unpaired) electrons. The van der Waals surface area contributed by atoms with Crippen LogP contribution >= 0.6 is 0 Å². The number of Topliss-reactive ketones (excluding diaryl/α,β-unsaturated/α-hetero) is 1. The van der Waals surface area contributed by atoms with Gasteiger partial charge in [0.05, 0.1) is 18.7 Å². The summed E-state index contributed by atoms with van der Waals surface area (Å²) in [5, 5.41) is 11.5. The van der Waals surface area contributed by atoms with E-state index in [0.29, 0.717) is 23.3 Å². The normalized spacial score (nSPS) is 17.2. The van der Waals surface area contributed by atoms with E-state index >= 15 is 0 Å². The maximum Gasteiger partial charge on any atom is 0.295 e. The number of aliphatic hydroxyl groups excluding tert-OH is 1. The molecule has 2 aromatic carbocycles. The van der Waals surface area contributed by atoms with E-state index in [2.05, 4.69) is 4.98 Å². The summed E-state index contributed by atoms with van der Waals surface area (Å²) in [4.78, 5) is 32.1. The van der Waals surface area contributed by atoms with Crippen LogP contribution in [-0.4, -0.2) is 40.3 Å². The van der Waals surface area contributed by atoms with Crippen LogP contribution in [0.5, 0.6) is 5.75 Å². The number of halogens is 1. The number of aryl methyl sites for hydroxylation is 1. The summed E-state index contributed by atoms with van der Waals surface area (Å²) < 4.78 is 18.8. The van der Waals surface area contributed by atoms with Gasteiger partial charge in [0.15, 0.2) is 0 Å². The number of carbonyl (C=O) groups is 2. The molecule has 1 saturated heterocycles. The molecule has 1 amide bonds. The molecule has 186 valence electrons. The fourth-order valence-corrected chi connectivity index (χ4v) is 4.63. The standard InChI is InChI=1S/C29H29FN2O4/c1-17(2)22-16-23(18(3)15-24(22)36-4)27(33)25-26(20-9-12-31-13-10-20)32(29(35)28(25)34)14-11-19-5-7-21(30)8-6-19/h5-10,12-13,15-17,26,33H,11,14H2,1-4H3/b27-25+. The molecule has 0 bridgehead atoms. The Morgan fingerprint density at radius 3 is 2.39 bits per heavy atom. The minimum absolute atomic E-state index is 0.0354. The monoisotopic (exact) mass is 488 g/mol. The van der Waals surface area contributed by atoms with Crippen LogP contribution in [0, 0.1) is 12.7 Å². The van der Waals surface area contributed by atoms with E-state index in [-0.39, 0.29) is 29.6 Å². The van der Waals surface area contributed by atoms with E-state index in [1.807, 2.05) is 32.9 Å². The lowest BCUT2D eigenvalue weighted by Gasteiger charge is -2.25. The number of rotatable bonds is 7. The number of aromatic nitrogens is 1. The number of ketones is 1. The number of methoxy groups -OCH3 is 1. The van der Waals surface area contributed by atoms with E-state index in [1.165, 1.54) is 17.0 Å². The van der Waals surface area contributed by atoms with Gasteiger partial charge in [0.25, 0.3) is 11.7 Å². The van der Waals surface area contributed by atoms with Crippen LogP contribution in [0.3, 0.4) is 0 Å². The number of aliphatic hydroxyl groups is 1. The minimum Gasteiger partial charge on any atom is -0.507 e. The highest BCUT2D eigenvalue weighted by Crippen LogP contribution is 2.41. The first-order valence-corrected chi connectivity index (χ1v) is 11.8. The van der Waals surface area contributed by atoms with Gasteiger partial charge >= 0.3 is 0 Å². The SMILES string of the molecule is COc1cc(C)c(/C(O)=C2\C(=O)C(=O)N(CCc3ccc(F)cc3)C2c2ccncc2)cc1C(C)C. The van der Waals surface area contributed by atoms with Crippen LogP contribution in [0.2, 0.25) is 0 Å². The summed E-state index contributed by atoms with van der Waals surface area (Å²) in [7, 11) is 1.59. The van der Waals surface area contributed by atoms with Gasteiger partial charge in [0.1, 0.15) is 17.3 Å². The Morgan fingerprint density at radius 1 is 1.11 bits per heavy atom. The third-order valence-corrected chi connectivity index (χ3v) is 6.57. The molecule has 1 aliphatic heterocycles. The van der Waals surface area contributed by atoms with Crippen LogP contribution in [0.15, 0.2) is 66.5 Å². The highest BCUT2D eigenvalue weighted by atomic mass is 19.1. The summed E-state index contributed by atoms with van der Waals surface area (Å²) in [6.45, 7) is 6.08. The van der Waals surface area contributed by atoms with Gasteiger partial charge in [-0.25, -0.2) is 4.39 Å². The van der Waals surface area contributed by atoms with E-state index < -0.39 is 17.7 Å². The van der Waals surface area contributed by atoms with Gasteiger partial charge < -0.3 is 14.7 Å². The maximum atomic E-state index is 13.3. The lowest BCUT2D eigenvalue weighted by atomic mass is 9.91. The van der Waals surface area contributed by atoms with Gasteiger partial charge in [-0.15, -0.1) is 0 Å². The summed E-state index contributed by atoms with van der Waals surface area (Å²) in [6, 6.07) is 12.4. The van der Waals surface area contributed by atoms with Crippen molar-refractivity contribution in [2.75, 3.05) is 13.7 Å². The fourth-order valence-electron chi connectivity index (χ4n) is 4.63. The smallest absolute Gasteiger partial charge is 0.295 e. The van der Waals surface area contributed by atoms with Gasteiger partial charge in [-0.1, -0.05) is 26.0 Å². The average molecular weight is 489 g/mol. The highest BCUT2D eigenvalue weighted by molar-refractivity contribution is 6.46. The van der Waals surface area contributed by atoms with Crippen LogP contribution in [0.4, 0.5) is 4.39 Å². The third kappa shape index (κ3) is 4.73. The Kier molecular flexibility index (Phi) is 7.20. The molecule has 7 heteroatoms. The minimum atomic E-state index is -0.780. The van der Waals surface area contributed by atoms with Crippen molar-refractivity contribution >= 4 is 17.4 Å².